The van der Waals surface area contributed by atoms with Crippen molar-refractivity contribution in [3.05, 3.63) is 41.5 Å². The lowest BCUT2D eigenvalue weighted by atomic mass is 9.42. The van der Waals surface area contributed by atoms with E-state index in [1.807, 2.05) is 13.0 Å². The molecule has 0 aliphatic heterocycles. The zero-order valence-corrected chi connectivity index (χ0v) is 29.9. The Kier molecular flexibility index (Phi) is 9.20. The predicted molar refractivity (Wildman–Crippen MR) is 184 cm³/mol. The van der Waals surface area contributed by atoms with E-state index in [0.717, 1.165) is 44.1 Å². The summed E-state index contributed by atoms with van der Waals surface area (Å²) in [7, 11) is 1.44. The molecule has 4 fully saturated rings. The summed E-state index contributed by atoms with van der Waals surface area (Å²) in [6.07, 6.45) is 8.02. The number of carbonyl (C=O) groups excluding carboxylic acids is 2. The molecule has 6 rings (SSSR count). The van der Waals surface area contributed by atoms with E-state index in [1.54, 1.807) is 19.1 Å². The third-order valence-electron chi connectivity index (χ3n) is 14.6. The van der Waals surface area contributed by atoms with Gasteiger partial charge in [0, 0.05) is 22.8 Å². The van der Waals surface area contributed by atoms with Crippen molar-refractivity contribution in [1.82, 2.24) is 0 Å². The highest BCUT2D eigenvalue weighted by atomic mass is 16.5. The number of ketones is 1. The molecule has 12 atom stereocenters. The summed E-state index contributed by atoms with van der Waals surface area (Å²) in [5.41, 5.74) is -0.794. The maximum Gasteiger partial charge on any atom is 0.330 e. The van der Waals surface area contributed by atoms with Crippen LogP contribution >= 0.6 is 0 Å². The van der Waals surface area contributed by atoms with Crippen LogP contribution in [-0.2, 0) is 14.3 Å². The number of hydrogen-bond donors (Lipinski definition) is 5. The molecule has 5 aliphatic carbocycles. The van der Waals surface area contributed by atoms with Crippen molar-refractivity contribution in [3.63, 3.8) is 0 Å². The molecule has 9 nitrogen and oxygen atoms in total. The van der Waals surface area contributed by atoms with Crippen LogP contribution in [0.3, 0.4) is 0 Å². The Morgan fingerprint density at radius 3 is 2.39 bits per heavy atom. The number of aromatic hydroxyl groups is 1. The molecule has 0 aromatic heterocycles. The van der Waals surface area contributed by atoms with E-state index in [9.17, 15) is 35.1 Å². The molecule has 5 aliphatic rings. The number of methoxy groups -OCH3 is 1. The predicted octanol–water partition coefficient (Wildman–Crippen LogP) is 5.21. The second-order valence-electron chi connectivity index (χ2n) is 17.5. The maximum atomic E-state index is 14.3. The van der Waals surface area contributed by atoms with Crippen molar-refractivity contribution in [1.29, 1.82) is 0 Å². The Morgan fingerprint density at radius 1 is 0.959 bits per heavy atom. The van der Waals surface area contributed by atoms with Crippen LogP contribution in [-0.4, -0.2) is 75.9 Å². The smallest absolute Gasteiger partial charge is 0.330 e. The van der Waals surface area contributed by atoms with Crippen molar-refractivity contribution >= 4 is 17.8 Å². The van der Waals surface area contributed by atoms with Gasteiger partial charge in [0.2, 0.25) is 0 Å². The number of esters is 1. The minimum atomic E-state index is -1.27. The number of allylic oxidation sites excluding steroid dienone is 2. The number of phenolic OH excluding ortho intramolecular Hbond substituents is 1. The van der Waals surface area contributed by atoms with Gasteiger partial charge >= 0.3 is 5.97 Å². The van der Waals surface area contributed by atoms with Gasteiger partial charge in [-0.05, 0) is 115 Å². The summed E-state index contributed by atoms with van der Waals surface area (Å²) < 4.78 is 10.9. The summed E-state index contributed by atoms with van der Waals surface area (Å²) in [4.78, 5) is 27.3. The van der Waals surface area contributed by atoms with Gasteiger partial charge in [-0.1, -0.05) is 46.3 Å². The maximum absolute atomic E-state index is 14.3. The molecule has 5 N–H and O–H groups in total. The highest BCUT2D eigenvalue weighted by Crippen LogP contribution is 2.70. The Morgan fingerprint density at radius 2 is 1.69 bits per heavy atom. The minimum absolute atomic E-state index is 0.0135. The van der Waals surface area contributed by atoms with Crippen molar-refractivity contribution in [2.45, 2.75) is 104 Å². The second-order valence-corrected chi connectivity index (χ2v) is 17.5. The van der Waals surface area contributed by atoms with Crippen LogP contribution in [0.2, 0.25) is 0 Å². The lowest BCUT2D eigenvalue weighted by molar-refractivity contribution is -0.201. The first-order valence-corrected chi connectivity index (χ1v) is 18.1. The first-order valence-electron chi connectivity index (χ1n) is 18.1. The molecule has 0 radical (unpaired) electrons. The van der Waals surface area contributed by atoms with Crippen LogP contribution in [0.15, 0.2) is 35.9 Å². The highest BCUT2D eigenvalue weighted by Gasteiger charge is 2.67. The fraction of sp³-hybridized carbons (Fsp3) is 0.700. The zero-order chi connectivity index (χ0) is 35.7. The number of aliphatic hydroxyl groups is 4. The van der Waals surface area contributed by atoms with Gasteiger partial charge in [-0.2, -0.15) is 0 Å². The molecule has 4 saturated carbocycles. The van der Waals surface area contributed by atoms with Crippen molar-refractivity contribution in [3.8, 4) is 11.5 Å². The van der Waals surface area contributed by atoms with Crippen LogP contribution in [0.25, 0.3) is 6.08 Å². The van der Waals surface area contributed by atoms with Crippen LogP contribution in [0, 0.1) is 50.7 Å². The molecular weight excluding hydrogens is 624 g/mol. The van der Waals surface area contributed by atoms with Gasteiger partial charge in [0.05, 0.1) is 32.0 Å². The number of hydrogen-bond acceptors (Lipinski definition) is 9. The topological polar surface area (TPSA) is 154 Å². The summed E-state index contributed by atoms with van der Waals surface area (Å²) >= 11 is 0. The quantitative estimate of drug-likeness (QED) is 0.201. The number of aliphatic hydroxyl groups excluding tert-OH is 4. The highest BCUT2D eigenvalue weighted by molar-refractivity contribution is 5.95. The fourth-order valence-electron chi connectivity index (χ4n) is 12.3. The van der Waals surface area contributed by atoms with Crippen molar-refractivity contribution < 1.29 is 44.6 Å². The molecule has 9 heteroatoms. The molecule has 1 aromatic carbocycles. The van der Waals surface area contributed by atoms with Crippen LogP contribution in [0.1, 0.15) is 91.5 Å². The van der Waals surface area contributed by atoms with Crippen molar-refractivity contribution in [2.75, 3.05) is 20.3 Å². The molecule has 1 aromatic rings. The van der Waals surface area contributed by atoms with Gasteiger partial charge < -0.3 is 35.0 Å². The summed E-state index contributed by atoms with van der Waals surface area (Å²) in [6.45, 7) is 10.4. The van der Waals surface area contributed by atoms with Crippen molar-refractivity contribution in [2.24, 2.45) is 50.7 Å². The van der Waals surface area contributed by atoms with E-state index in [1.165, 1.54) is 25.3 Å². The standard InChI is InChI=1S/C40H56O9/c1-36-15-13-31-37(2,16-14-32(45)39(31,4)21-41)30(36)11-9-25-24(19-36)18-27(43)34-38(25,3)20-28(44)35(47)40(34,5)22-49-33(46)12-8-23-7-10-26(42)29(17-23)48-6/h7-8,10,12,17-18,25,28,30-32,34-35,41-42,44-45,47H,9,11,13-16,19-22H2,1-6H3/b12-8+/t25-,28+,30-,31+,32+,34+,35+,36-,37+,38+,39+,40+/m0/s1. The van der Waals surface area contributed by atoms with E-state index >= 15 is 0 Å². The average Bonchev–Trinajstić information content (AvgIpc) is 3.21. The molecule has 0 bridgehead atoms. The lowest BCUT2D eigenvalue weighted by Crippen LogP contribution is -2.64. The Balaban J connectivity index is 1.27. The van der Waals surface area contributed by atoms with Gasteiger partial charge in [0.15, 0.2) is 17.3 Å². The number of phenols is 1. The Labute approximate surface area is 290 Å². The number of rotatable bonds is 6. The van der Waals surface area contributed by atoms with E-state index in [0.29, 0.717) is 17.9 Å². The number of ether oxygens (including phenoxy) is 2. The van der Waals surface area contributed by atoms with Crippen LogP contribution < -0.4 is 4.74 Å². The molecule has 270 valence electrons. The van der Waals surface area contributed by atoms with Gasteiger partial charge in [-0.25, -0.2) is 4.79 Å². The first kappa shape index (κ1) is 36.1. The summed E-state index contributed by atoms with van der Waals surface area (Å²) in [5.74, 6) is -0.594. The molecule has 0 saturated heterocycles. The minimum Gasteiger partial charge on any atom is -0.504 e. The van der Waals surface area contributed by atoms with E-state index in [4.69, 9.17) is 9.47 Å². The SMILES string of the molecule is COc1cc(/C=C/C(=O)OC[C@]2(C)[C@@H]3C(=O)C=C4C[C@]5(C)CC[C@@H]6[C@](C)(CC[C@@H](O)[C@]6(C)CO)[C@H]5CC[C@@H]4[C@@]3(C)C[C@@H](O)[C@H]2O)ccc1O. The largest absolute Gasteiger partial charge is 0.504 e. The normalized spacial score (nSPS) is 44.9. The third-order valence-corrected chi connectivity index (χ3v) is 14.6. The zero-order valence-electron chi connectivity index (χ0n) is 29.9. The van der Waals surface area contributed by atoms with E-state index in [2.05, 4.69) is 20.8 Å². The molecule has 0 spiro atoms. The molecule has 0 heterocycles. The third kappa shape index (κ3) is 5.58. The van der Waals surface area contributed by atoms with Gasteiger partial charge in [0.1, 0.15) is 6.61 Å². The molecule has 0 unspecified atom stereocenters. The van der Waals surface area contributed by atoms with Gasteiger partial charge in [-0.15, -0.1) is 0 Å². The van der Waals surface area contributed by atoms with Crippen LogP contribution in [0.5, 0.6) is 11.5 Å². The Hall–Kier alpha value is -2.72. The Bertz CT molecular complexity index is 1540. The fourth-order valence-corrected chi connectivity index (χ4v) is 12.3. The monoisotopic (exact) mass is 680 g/mol. The number of benzene rings is 1. The molecule has 49 heavy (non-hydrogen) atoms. The van der Waals surface area contributed by atoms with E-state index < -0.39 is 46.4 Å². The number of carbonyl (C=O) groups is 2. The second kappa shape index (κ2) is 12.5. The lowest BCUT2D eigenvalue weighted by Gasteiger charge is -2.64. The summed E-state index contributed by atoms with van der Waals surface area (Å²) in [5, 5.41) is 54.3. The first-order chi connectivity index (χ1) is 23.0. The van der Waals surface area contributed by atoms with Gasteiger partial charge in [0.25, 0.3) is 0 Å². The van der Waals surface area contributed by atoms with Crippen LogP contribution in [0.4, 0.5) is 0 Å². The van der Waals surface area contributed by atoms with Gasteiger partial charge in [-0.3, -0.25) is 4.79 Å². The number of fused-ring (bicyclic) bond motifs is 6. The molecular formula is C40H56O9. The van der Waals surface area contributed by atoms with E-state index in [-0.39, 0.29) is 59.6 Å². The average molecular weight is 681 g/mol. The molecule has 0 amide bonds. The summed E-state index contributed by atoms with van der Waals surface area (Å²) in [6, 6.07) is 4.69.